The number of nitrogens with zero attached hydrogens (tertiary/aromatic N) is 1. The van der Waals surface area contributed by atoms with Crippen LogP contribution in [0.1, 0.15) is 32.9 Å². The maximum absolute atomic E-state index is 11.6. The molecule has 0 aromatic carbocycles. The number of hydrogen-bond acceptors (Lipinski definition) is 3. The molecule has 17 heavy (non-hydrogen) atoms. The summed E-state index contributed by atoms with van der Waals surface area (Å²) in [6.45, 7) is 8.83. The van der Waals surface area contributed by atoms with E-state index in [4.69, 9.17) is 0 Å². The lowest BCUT2D eigenvalue weighted by Gasteiger charge is -2.20. The molecule has 0 aliphatic heterocycles. The van der Waals surface area contributed by atoms with Gasteiger partial charge in [0.05, 0.1) is 11.9 Å². The average Bonchev–Trinajstić information content (AvgIpc) is 2.19. The maximum atomic E-state index is 11.6. The first kappa shape index (κ1) is 13.6. The molecule has 1 amide bonds. The first-order valence-electron chi connectivity index (χ1n) is 5.84. The largest absolute Gasteiger partial charge is 0.325 e. The topological polar surface area (TPSA) is 54.0 Å². The van der Waals surface area contributed by atoms with Gasteiger partial charge in [0.15, 0.2) is 0 Å². The molecular formula is C13H21N3O. The van der Waals surface area contributed by atoms with Crippen molar-refractivity contribution in [3.8, 4) is 0 Å². The van der Waals surface area contributed by atoms with Crippen molar-refractivity contribution in [2.24, 2.45) is 0 Å². The van der Waals surface area contributed by atoms with E-state index in [1.165, 1.54) is 0 Å². The van der Waals surface area contributed by atoms with Crippen LogP contribution >= 0.6 is 0 Å². The Balaban J connectivity index is 2.32. The third-order valence-corrected chi connectivity index (χ3v) is 2.20. The number of nitrogens with one attached hydrogen (secondary N) is 2. The third kappa shape index (κ3) is 6.02. The molecule has 0 fully saturated rings. The highest BCUT2D eigenvalue weighted by Crippen LogP contribution is 2.06. The molecule has 0 aliphatic rings. The predicted octanol–water partition coefficient (Wildman–Crippen LogP) is 2.11. The number of aryl methyl sites for hydroxylation is 1. The van der Waals surface area contributed by atoms with Gasteiger partial charge in [0, 0.05) is 24.2 Å². The zero-order valence-corrected chi connectivity index (χ0v) is 11.0. The number of hydrogen-bond donors (Lipinski definition) is 2. The van der Waals surface area contributed by atoms with Gasteiger partial charge in [-0.25, -0.2) is 0 Å². The minimum Gasteiger partial charge on any atom is -0.325 e. The van der Waals surface area contributed by atoms with Crippen LogP contribution in [0.4, 0.5) is 5.69 Å². The van der Waals surface area contributed by atoms with Gasteiger partial charge >= 0.3 is 0 Å². The monoisotopic (exact) mass is 235 g/mol. The SMILES string of the molecule is Cc1ccc(NC(=O)CCNC(C)(C)C)cn1. The molecule has 94 valence electrons. The Hall–Kier alpha value is -1.42. The molecule has 0 spiro atoms. The van der Waals surface area contributed by atoms with E-state index in [0.717, 1.165) is 11.4 Å². The second-order valence-corrected chi connectivity index (χ2v) is 5.16. The first-order valence-corrected chi connectivity index (χ1v) is 5.84. The molecule has 2 N–H and O–H groups in total. The van der Waals surface area contributed by atoms with Gasteiger partial charge in [0.25, 0.3) is 0 Å². The fourth-order valence-electron chi connectivity index (χ4n) is 1.32. The van der Waals surface area contributed by atoms with Crippen LogP contribution in [-0.2, 0) is 4.79 Å². The summed E-state index contributed by atoms with van der Waals surface area (Å²) >= 11 is 0. The smallest absolute Gasteiger partial charge is 0.225 e. The quantitative estimate of drug-likeness (QED) is 0.840. The standard InChI is InChI=1S/C13H21N3O/c1-10-5-6-11(9-14-10)16-12(17)7-8-15-13(2,3)4/h5-6,9,15H,7-8H2,1-4H3,(H,16,17). The molecule has 1 aromatic rings. The van der Waals surface area contributed by atoms with Crippen LogP contribution in [0.15, 0.2) is 18.3 Å². The summed E-state index contributed by atoms with van der Waals surface area (Å²) < 4.78 is 0. The summed E-state index contributed by atoms with van der Waals surface area (Å²) in [6, 6.07) is 3.74. The molecule has 0 bridgehead atoms. The summed E-state index contributed by atoms with van der Waals surface area (Å²) in [7, 11) is 0. The second-order valence-electron chi connectivity index (χ2n) is 5.16. The highest BCUT2D eigenvalue weighted by Gasteiger charge is 2.09. The average molecular weight is 235 g/mol. The fraction of sp³-hybridized carbons (Fsp3) is 0.538. The molecule has 0 atom stereocenters. The Morgan fingerprint density at radius 3 is 2.59 bits per heavy atom. The van der Waals surface area contributed by atoms with E-state index in [9.17, 15) is 4.79 Å². The molecule has 0 saturated carbocycles. The summed E-state index contributed by atoms with van der Waals surface area (Å²) in [5.41, 5.74) is 1.74. The van der Waals surface area contributed by atoms with Crippen molar-refractivity contribution in [1.82, 2.24) is 10.3 Å². The Kier molecular flexibility index (Phi) is 4.63. The minimum atomic E-state index is 0.00685. The Bertz CT molecular complexity index is 365. The molecule has 0 aliphatic carbocycles. The molecule has 4 nitrogen and oxygen atoms in total. The van der Waals surface area contributed by atoms with E-state index in [1.54, 1.807) is 6.20 Å². The number of carbonyl (C=O) groups excluding carboxylic acids is 1. The van der Waals surface area contributed by atoms with Gasteiger partial charge < -0.3 is 10.6 Å². The van der Waals surface area contributed by atoms with Gasteiger partial charge in [-0.1, -0.05) is 0 Å². The Labute approximate surface area is 103 Å². The lowest BCUT2D eigenvalue weighted by molar-refractivity contribution is -0.116. The molecule has 4 heteroatoms. The lowest BCUT2D eigenvalue weighted by atomic mass is 10.1. The van der Waals surface area contributed by atoms with Crippen molar-refractivity contribution in [2.45, 2.75) is 39.7 Å². The molecule has 1 aromatic heterocycles. The van der Waals surface area contributed by atoms with Crippen molar-refractivity contribution in [3.05, 3.63) is 24.0 Å². The summed E-state index contributed by atoms with van der Waals surface area (Å²) in [6.07, 6.45) is 2.13. The zero-order chi connectivity index (χ0) is 12.9. The highest BCUT2D eigenvalue weighted by molar-refractivity contribution is 5.90. The van der Waals surface area contributed by atoms with Crippen LogP contribution < -0.4 is 10.6 Å². The Morgan fingerprint density at radius 2 is 2.06 bits per heavy atom. The Morgan fingerprint density at radius 1 is 1.35 bits per heavy atom. The minimum absolute atomic E-state index is 0.00685. The van der Waals surface area contributed by atoms with Crippen molar-refractivity contribution in [2.75, 3.05) is 11.9 Å². The maximum Gasteiger partial charge on any atom is 0.225 e. The van der Waals surface area contributed by atoms with Crippen LogP contribution in [-0.4, -0.2) is 23.0 Å². The van der Waals surface area contributed by atoms with Gasteiger partial charge in [-0.15, -0.1) is 0 Å². The summed E-state index contributed by atoms with van der Waals surface area (Å²) in [4.78, 5) is 15.7. The van der Waals surface area contributed by atoms with E-state index < -0.39 is 0 Å². The molecule has 1 rings (SSSR count). The highest BCUT2D eigenvalue weighted by atomic mass is 16.1. The molecule has 1 heterocycles. The van der Waals surface area contributed by atoms with Gasteiger partial charge in [-0.05, 0) is 39.8 Å². The van der Waals surface area contributed by atoms with E-state index in [-0.39, 0.29) is 11.4 Å². The van der Waals surface area contributed by atoms with Gasteiger partial charge in [-0.2, -0.15) is 0 Å². The molecule has 0 unspecified atom stereocenters. The number of anilines is 1. The zero-order valence-electron chi connectivity index (χ0n) is 11.0. The van der Waals surface area contributed by atoms with Gasteiger partial charge in [0.1, 0.15) is 0 Å². The fourth-order valence-corrected chi connectivity index (χ4v) is 1.32. The lowest BCUT2D eigenvalue weighted by Crippen LogP contribution is -2.37. The molecular weight excluding hydrogens is 214 g/mol. The first-order chi connectivity index (χ1) is 7.87. The van der Waals surface area contributed by atoms with E-state index >= 15 is 0 Å². The van der Waals surface area contributed by atoms with Crippen molar-refractivity contribution in [1.29, 1.82) is 0 Å². The van der Waals surface area contributed by atoms with Crippen LogP contribution in [0.5, 0.6) is 0 Å². The number of pyridine rings is 1. The number of aromatic nitrogens is 1. The van der Waals surface area contributed by atoms with Crippen LogP contribution in [0.2, 0.25) is 0 Å². The summed E-state index contributed by atoms with van der Waals surface area (Å²) in [5.74, 6) is 0.00685. The van der Waals surface area contributed by atoms with Crippen LogP contribution in [0.25, 0.3) is 0 Å². The van der Waals surface area contributed by atoms with Gasteiger partial charge in [0.2, 0.25) is 5.91 Å². The predicted molar refractivity (Wildman–Crippen MR) is 70.0 cm³/mol. The van der Waals surface area contributed by atoms with Crippen LogP contribution in [0, 0.1) is 6.92 Å². The van der Waals surface area contributed by atoms with Crippen molar-refractivity contribution in [3.63, 3.8) is 0 Å². The van der Waals surface area contributed by atoms with E-state index in [2.05, 4.69) is 36.4 Å². The second kappa shape index (κ2) is 5.77. The van der Waals surface area contributed by atoms with E-state index in [0.29, 0.717) is 13.0 Å². The number of carbonyl (C=O) groups is 1. The number of amides is 1. The van der Waals surface area contributed by atoms with Crippen molar-refractivity contribution < 1.29 is 4.79 Å². The number of rotatable bonds is 4. The van der Waals surface area contributed by atoms with Crippen molar-refractivity contribution >= 4 is 11.6 Å². The van der Waals surface area contributed by atoms with E-state index in [1.807, 2.05) is 19.1 Å². The molecule has 0 saturated heterocycles. The van der Waals surface area contributed by atoms with Gasteiger partial charge in [-0.3, -0.25) is 9.78 Å². The third-order valence-electron chi connectivity index (χ3n) is 2.20. The van der Waals surface area contributed by atoms with Crippen LogP contribution in [0.3, 0.4) is 0 Å². The molecule has 0 radical (unpaired) electrons. The normalized spacial score (nSPS) is 11.3. The summed E-state index contributed by atoms with van der Waals surface area (Å²) in [5, 5.41) is 6.09.